The van der Waals surface area contributed by atoms with E-state index in [9.17, 15) is 0 Å². The van der Waals surface area contributed by atoms with Gasteiger partial charge in [0.15, 0.2) is 0 Å². The van der Waals surface area contributed by atoms with Gasteiger partial charge in [-0.3, -0.25) is 0 Å². The zero-order chi connectivity index (χ0) is 9.26. The van der Waals surface area contributed by atoms with Crippen molar-refractivity contribution in [2.24, 2.45) is 0 Å². The highest BCUT2D eigenvalue weighted by molar-refractivity contribution is 5.40. The second-order valence-electron chi connectivity index (χ2n) is 2.55. The lowest BCUT2D eigenvalue weighted by molar-refractivity contribution is 0.801. The molecule has 2 rings (SSSR count). The molecule has 0 unspecified atom stereocenters. The summed E-state index contributed by atoms with van der Waals surface area (Å²) in [5.41, 5.74) is 6.88. The number of anilines is 1. The van der Waals surface area contributed by atoms with Gasteiger partial charge in [-0.25, -0.2) is 15.0 Å². The van der Waals surface area contributed by atoms with Crippen LogP contribution in [0.4, 0.5) is 5.69 Å². The van der Waals surface area contributed by atoms with Gasteiger partial charge >= 0.3 is 0 Å². The van der Waals surface area contributed by atoms with Crippen LogP contribution in [0.1, 0.15) is 5.69 Å². The van der Waals surface area contributed by atoms with Gasteiger partial charge in [0.05, 0.1) is 17.6 Å². The summed E-state index contributed by atoms with van der Waals surface area (Å²) in [6, 6.07) is 0. The molecular formula is C7H8N6. The molecule has 0 aliphatic heterocycles. The largest absolute Gasteiger partial charge is 0.396 e. The molecule has 0 saturated heterocycles. The molecule has 2 aromatic rings. The van der Waals surface area contributed by atoms with Crippen molar-refractivity contribution in [3.05, 3.63) is 24.5 Å². The predicted molar refractivity (Wildman–Crippen MR) is 46.1 cm³/mol. The summed E-state index contributed by atoms with van der Waals surface area (Å²) in [6.45, 7) is 1.82. The third-order valence-corrected chi connectivity index (χ3v) is 1.63. The van der Waals surface area contributed by atoms with Gasteiger partial charge in [-0.15, -0.1) is 0 Å². The van der Waals surface area contributed by atoms with E-state index in [2.05, 4.69) is 20.1 Å². The molecule has 2 heterocycles. The van der Waals surface area contributed by atoms with E-state index in [-0.39, 0.29) is 0 Å². The van der Waals surface area contributed by atoms with Gasteiger partial charge in [-0.1, -0.05) is 0 Å². The van der Waals surface area contributed by atoms with Crippen LogP contribution in [-0.4, -0.2) is 24.7 Å². The molecule has 66 valence electrons. The number of nitrogens with two attached hydrogens (primary N) is 1. The van der Waals surface area contributed by atoms with Gasteiger partial charge in [-0.05, 0) is 6.92 Å². The van der Waals surface area contributed by atoms with Gasteiger partial charge in [0, 0.05) is 0 Å². The van der Waals surface area contributed by atoms with E-state index < -0.39 is 0 Å². The smallest absolute Gasteiger partial charge is 0.252 e. The molecule has 0 atom stereocenters. The van der Waals surface area contributed by atoms with E-state index in [1.807, 2.05) is 6.92 Å². The maximum atomic E-state index is 5.57. The molecule has 2 aromatic heterocycles. The molecule has 6 heteroatoms. The summed E-state index contributed by atoms with van der Waals surface area (Å²) in [6.07, 6.45) is 4.51. The molecule has 2 N–H and O–H groups in total. The lowest BCUT2D eigenvalue weighted by atomic mass is 10.4. The minimum absolute atomic E-state index is 0.476. The summed E-state index contributed by atoms with van der Waals surface area (Å²) >= 11 is 0. The van der Waals surface area contributed by atoms with Gasteiger partial charge in [0.25, 0.3) is 5.95 Å². The predicted octanol–water partition coefficient (Wildman–Crippen LogP) is -0.0521. The fraction of sp³-hybridized carbons (Fsp3) is 0.143. The van der Waals surface area contributed by atoms with Crippen LogP contribution in [0.5, 0.6) is 0 Å². The molecule has 13 heavy (non-hydrogen) atoms. The van der Waals surface area contributed by atoms with Crippen LogP contribution < -0.4 is 5.73 Å². The third kappa shape index (κ3) is 1.33. The second kappa shape index (κ2) is 2.81. The Balaban J connectivity index is 2.49. The first-order valence-corrected chi connectivity index (χ1v) is 3.71. The fourth-order valence-electron chi connectivity index (χ4n) is 0.886. The average molecular weight is 176 g/mol. The SMILES string of the molecule is Cc1nc(-n2cncn2)ncc1N. The maximum absolute atomic E-state index is 5.57. The summed E-state index contributed by atoms with van der Waals surface area (Å²) in [7, 11) is 0. The molecule has 0 aromatic carbocycles. The molecule has 0 bridgehead atoms. The summed E-state index contributed by atoms with van der Waals surface area (Å²) in [5, 5.41) is 3.90. The van der Waals surface area contributed by atoms with Gasteiger partial charge in [-0.2, -0.15) is 9.78 Å². The van der Waals surface area contributed by atoms with Crippen molar-refractivity contribution in [1.82, 2.24) is 24.7 Å². The highest BCUT2D eigenvalue weighted by Crippen LogP contribution is 2.06. The van der Waals surface area contributed by atoms with Crippen molar-refractivity contribution >= 4 is 5.69 Å². The van der Waals surface area contributed by atoms with E-state index in [0.29, 0.717) is 11.6 Å². The Kier molecular flexibility index (Phi) is 1.66. The minimum atomic E-state index is 0.476. The first-order chi connectivity index (χ1) is 6.27. The Bertz CT molecular complexity index is 407. The van der Waals surface area contributed by atoms with E-state index in [1.165, 1.54) is 17.3 Å². The first-order valence-electron chi connectivity index (χ1n) is 3.71. The lowest BCUT2D eigenvalue weighted by Crippen LogP contribution is -2.04. The topological polar surface area (TPSA) is 82.5 Å². The van der Waals surface area contributed by atoms with Crippen LogP contribution in [0.3, 0.4) is 0 Å². The number of nitrogen functional groups attached to an aromatic ring is 1. The van der Waals surface area contributed by atoms with E-state index >= 15 is 0 Å². The zero-order valence-electron chi connectivity index (χ0n) is 7.05. The molecule has 0 fully saturated rings. The molecule has 0 aliphatic rings. The average Bonchev–Trinajstić information content (AvgIpc) is 2.62. The number of aryl methyl sites for hydroxylation is 1. The van der Waals surface area contributed by atoms with Crippen molar-refractivity contribution < 1.29 is 0 Å². The highest BCUT2D eigenvalue weighted by atomic mass is 15.4. The normalized spacial score (nSPS) is 10.2. The van der Waals surface area contributed by atoms with Crippen LogP contribution in [0.25, 0.3) is 5.95 Å². The van der Waals surface area contributed by atoms with Crippen LogP contribution >= 0.6 is 0 Å². The summed E-state index contributed by atoms with van der Waals surface area (Å²) in [4.78, 5) is 11.9. The van der Waals surface area contributed by atoms with E-state index in [1.54, 1.807) is 6.20 Å². The fourth-order valence-corrected chi connectivity index (χ4v) is 0.886. The molecule has 0 saturated carbocycles. The minimum Gasteiger partial charge on any atom is -0.396 e. The number of hydrogen-bond donors (Lipinski definition) is 1. The first kappa shape index (κ1) is 7.66. The molecule has 0 radical (unpaired) electrons. The molecule has 0 spiro atoms. The lowest BCUT2D eigenvalue weighted by Gasteiger charge is -2.01. The second-order valence-corrected chi connectivity index (χ2v) is 2.55. The van der Waals surface area contributed by atoms with Crippen LogP contribution in [-0.2, 0) is 0 Å². The molecule has 0 aliphatic carbocycles. The third-order valence-electron chi connectivity index (χ3n) is 1.63. The number of hydrogen-bond acceptors (Lipinski definition) is 5. The summed E-state index contributed by atoms with van der Waals surface area (Å²) in [5.74, 6) is 0.476. The zero-order valence-corrected chi connectivity index (χ0v) is 7.05. The van der Waals surface area contributed by atoms with Crippen molar-refractivity contribution in [2.75, 3.05) is 5.73 Å². The van der Waals surface area contributed by atoms with Crippen LogP contribution in [0.15, 0.2) is 18.9 Å². The van der Waals surface area contributed by atoms with Crippen molar-refractivity contribution in [3.8, 4) is 5.95 Å². The Morgan fingerprint density at radius 3 is 2.92 bits per heavy atom. The van der Waals surface area contributed by atoms with Crippen molar-refractivity contribution in [1.29, 1.82) is 0 Å². The van der Waals surface area contributed by atoms with E-state index in [4.69, 9.17) is 5.73 Å². The molecular weight excluding hydrogens is 168 g/mol. The monoisotopic (exact) mass is 176 g/mol. The maximum Gasteiger partial charge on any atom is 0.252 e. The van der Waals surface area contributed by atoms with Gasteiger partial charge in [0.1, 0.15) is 12.7 Å². The van der Waals surface area contributed by atoms with Gasteiger partial charge in [0.2, 0.25) is 0 Å². The van der Waals surface area contributed by atoms with Crippen LogP contribution in [0, 0.1) is 6.92 Å². The van der Waals surface area contributed by atoms with Crippen molar-refractivity contribution in [2.45, 2.75) is 6.92 Å². The summed E-state index contributed by atoms with van der Waals surface area (Å²) < 4.78 is 1.48. The quantitative estimate of drug-likeness (QED) is 0.658. The van der Waals surface area contributed by atoms with E-state index in [0.717, 1.165) is 5.69 Å². The molecule has 0 amide bonds. The van der Waals surface area contributed by atoms with Crippen LogP contribution in [0.2, 0.25) is 0 Å². The number of aromatic nitrogens is 5. The van der Waals surface area contributed by atoms with Crippen molar-refractivity contribution in [3.63, 3.8) is 0 Å². The Hall–Kier alpha value is -1.98. The number of rotatable bonds is 1. The Labute approximate surface area is 74.5 Å². The molecule has 6 nitrogen and oxygen atoms in total. The Morgan fingerprint density at radius 2 is 2.31 bits per heavy atom. The highest BCUT2D eigenvalue weighted by Gasteiger charge is 2.01. The number of nitrogens with zero attached hydrogens (tertiary/aromatic N) is 5. The van der Waals surface area contributed by atoms with Gasteiger partial charge < -0.3 is 5.73 Å². The standard InChI is InChI=1S/C7H8N6/c1-5-6(8)2-10-7(12-5)13-4-9-3-11-13/h2-4H,8H2,1H3. The Morgan fingerprint density at radius 1 is 1.46 bits per heavy atom.